The molecule has 24 heavy (non-hydrogen) atoms. The number of nitrogens with one attached hydrogen (secondary N) is 2. The summed E-state index contributed by atoms with van der Waals surface area (Å²) >= 11 is 0. The Balaban J connectivity index is 1.89. The van der Waals surface area contributed by atoms with E-state index in [2.05, 4.69) is 10.6 Å². The van der Waals surface area contributed by atoms with E-state index >= 15 is 0 Å². The molecule has 0 aromatic heterocycles. The highest BCUT2D eigenvalue weighted by molar-refractivity contribution is 5.79. The van der Waals surface area contributed by atoms with Gasteiger partial charge >= 0.3 is 0 Å². The highest BCUT2D eigenvalue weighted by Gasteiger charge is 2.16. The number of benzene rings is 2. The summed E-state index contributed by atoms with van der Waals surface area (Å²) < 4.78 is 0. The maximum absolute atomic E-state index is 12.2. The van der Waals surface area contributed by atoms with Crippen molar-refractivity contribution in [1.82, 2.24) is 10.6 Å². The molecule has 0 aliphatic heterocycles. The first-order valence-electron chi connectivity index (χ1n) is 8.19. The van der Waals surface area contributed by atoms with E-state index in [4.69, 9.17) is 0 Å². The normalized spacial score (nSPS) is 11.6. The average Bonchev–Trinajstić information content (AvgIpc) is 2.55. The van der Waals surface area contributed by atoms with Crippen molar-refractivity contribution >= 4 is 11.8 Å². The molecule has 4 nitrogen and oxygen atoms in total. The molecular weight excluding hydrogens is 300 g/mol. The summed E-state index contributed by atoms with van der Waals surface area (Å²) in [5, 5.41) is 5.78. The lowest BCUT2D eigenvalue weighted by Gasteiger charge is -2.18. The van der Waals surface area contributed by atoms with Crippen molar-refractivity contribution in [3.63, 3.8) is 0 Å². The number of hydrogen-bond acceptors (Lipinski definition) is 2. The minimum absolute atomic E-state index is 0.0646. The number of hydrogen-bond donors (Lipinski definition) is 2. The topological polar surface area (TPSA) is 58.2 Å². The van der Waals surface area contributed by atoms with Crippen LogP contribution in [0.5, 0.6) is 0 Å². The van der Waals surface area contributed by atoms with Gasteiger partial charge in [-0.3, -0.25) is 9.59 Å². The quantitative estimate of drug-likeness (QED) is 0.823. The van der Waals surface area contributed by atoms with Crippen LogP contribution in [0.1, 0.15) is 36.1 Å². The van der Waals surface area contributed by atoms with Crippen LogP contribution >= 0.6 is 0 Å². The molecule has 2 rings (SSSR count). The second-order valence-corrected chi connectivity index (χ2v) is 5.95. The molecule has 2 N–H and O–H groups in total. The Labute approximate surface area is 143 Å². The number of amides is 2. The fraction of sp³-hybridized carbons (Fsp3) is 0.300. The third kappa shape index (κ3) is 5.88. The highest BCUT2D eigenvalue weighted by atomic mass is 16.2. The summed E-state index contributed by atoms with van der Waals surface area (Å²) in [5.41, 5.74) is 3.27. The summed E-state index contributed by atoms with van der Waals surface area (Å²) in [6, 6.07) is 17.6. The van der Waals surface area contributed by atoms with Gasteiger partial charge in [0.15, 0.2) is 0 Å². The van der Waals surface area contributed by atoms with Crippen LogP contribution in [-0.2, 0) is 16.0 Å². The van der Waals surface area contributed by atoms with Crippen molar-refractivity contribution in [3.05, 3.63) is 71.3 Å². The van der Waals surface area contributed by atoms with Gasteiger partial charge in [-0.05, 0) is 24.5 Å². The minimum Gasteiger partial charge on any atom is -0.356 e. The first-order chi connectivity index (χ1) is 11.5. The van der Waals surface area contributed by atoms with Gasteiger partial charge in [0.05, 0.1) is 12.5 Å². The molecule has 0 radical (unpaired) electrons. The fourth-order valence-electron chi connectivity index (χ4n) is 2.54. The van der Waals surface area contributed by atoms with Crippen LogP contribution in [0.25, 0.3) is 0 Å². The number of carbonyl (C=O) groups excluding carboxylic acids is 2. The predicted octanol–water partition coefficient (Wildman–Crippen LogP) is 2.92. The fourth-order valence-corrected chi connectivity index (χ4v) is 2.54. The second-order valence-electron chi connectivity index (χ2n) is 5.95. The van der Waals surface area contributed by atoms with Gasteiger partial charge in [-0.15, -0.1) is 0 Å². The third-order valence-electron chi connectivity index (χ3n) is 3.83. The first-order valence-corrected chi connectivity index (χ1v) is 8.19. The molecular formula is C20H24N2O2. The van der Waals surface area contributed by atoms with Gasteiger partial charge in [0.25, 0.3) is 0 Å². The van der Waals surface area contributed by atoms with Gasteiger partial charge in [-0.1, -0.05) is 60.2 Å². The lowest BCUT2D eigenvalue weighted by Crippen LogP contribution is -2.33. The van der Waals surface area contributed by atoms with E-state index in [-0.39, 0.29) is 24.3 Å². The Kier molecular flexibility index (Phi) is 6.55. The molecule has 0 aliphatic rings. The van der Waals surface area contributed by atoms with E-state index in [9.17, 15) is 9.59 Å². The van der Waals surface area contributed by atoms with Gasteiger partial charge < -0.3 is 10.6 Å². The van der Waals surface area contributed by atoms with Crippen LogP contribution in [0.15, 0.2) is 54.6 Å². The van der Waals surface area contributed by atoms with E-state index < -0.39 is 0 Å². The summed E-state index contributed by atoms with van der Waals surface area (Å²) in [6.07, 6.45) is 1.03. The molecule has 126 valence electrons. The smallest absolute Gasteiger partial charge is 0.222 e. The standard InChI is InChI=1S/C20H24N2O2/c1-15-8-10-18(11-9-15)19(22-16(2)23)14-20(24)21-13-12-17-6-4-3-5-7-17/h3-11,19H,12-14H2,1-2H3,(H,21,24)(H,22,23)/t19-/m1/s1. The zero-order valence-corrected chi connectivity index (χ0v) is 14.2. The summed E-state index contributed by atoms with van der Waals surface area (Å²) in [5.74, 6) is -0.206. The molecule has 0 spiro atoms. The molecule has 0 saturated heterocycles. The van der Waals surface area contributed by atoms with Gasteiger partial charge in [0, 0.05) is 13.5 Å². The Bertz CT molecular complexity index is 666. The lowest BCUT2D eigenvalue weighted by atomic mass is 10.0. The number of aryl methyl sites for hydroxylation is 1. The van der Waals surface area contributed by atoms with Gasteiger partial charge in [-0.25, -0.2) is 0 Å². The van der Waals surface area contributed by atoms with Crippen molar-refractivity contribution in [2.24, 2.45) is 0 Å². The van der Waals surface area contributed by atoms with Crippen LogP contribution in [0.4, 0.5) is 0 Å². The van der Waals surface area contributed by atoms with Crippen LogP contribution in [0, 0.1) is 6.92 Å². The van der Waals surface area contributed by atoms with Gasteiger partial charge in [-0.2, -0.15) is 0 Å². The van der Waals surface area contributed by atoms with Crippen molar-refractivity contribution in [1.29, 1.82) is 0 Å². The molecule has 4 heteroatoms. The minimum atomic E-state index is -0.306. The lowest BCUT2D eigenvalue weighted by molar-refractivity contribution is -0.122. The largest absolute Gasteiger partial charge is 0.356 e. The molecule has 0 fully saturated rings. The Morgan fingerprint density at radius 3 is 2.29 bits per heavy atom. The zero-order chi connectivity index (χ0) is 17.4. The molecule has 0 heterocycles. The molecule has 2 amide bonds. The Morgan fingerprint density at radius 1 is 1.00 bits per heavy atom. The van der Waals surface area contributed by atoms with Crippen molar-refractivity contribution in [2.45, 2.75) is 32.7 Å². The van der Waals surface area contributed by atoms with Crippen LogP contribution < -0.4 is 10.6 Å². The Morgan fingerprint density at radius 2 is 1.67 bits per heavy atom. The number of carbonyl (C=O) groups is 2. The van der Waals surface area contributed by atoms with Crippen molar-refractivity contribution in [2.75, 3.05) is 6.54 Å². The van der Waals surface area contributed by atoms with E-state index in [1.807, 2.05) is 61.5 Å². The maximum atomic E-state index is 12.2. The molecule has 2 aromatic rings. The van der Waals surface area contributed by atoms with Gasteiger partial charge in [0.2, 0.25) is 11.8 Å². The van der Waals surface area contributed by atoms with E-state index in [1.165, 1.54) is 12.5 Å². The monoisotopic (exact) mass is 324 g/mol. The summed E-state index contributed by atoms with van der Waals surface area (Å²) in [6.45, 7) is 4.06. The molecule has 1 atom stereocenters. The molecule has 0 bridgehead atoms. The second kappa shape index (κ2) is 8.87. The summed E-state index contributed by atoms with van der Waals surface area (Å²) in [4.78, 5) is 23.6. The van der Waals surface area contributed by atoms with Crippen molar-refractivity contribution in [3.8, 4) is 0 Å². The van der Waals surface area contributed by atoms with Crippen LogP contribution in [0.3, 0.4) is 0 Å². The number of rotatable bonds is 7. The third-order valence-corrected chi connectivity index (χ3v) is 3.83. The molecule has 2 aromatic carbocycles. The van der Waals surface area contributed by atoms with E-state index in [1.54, 1.807) is 0 Å². The maximum Gasteiger partial charge on any atom is 0.222 e. The van der Waals surface area contributed by atoms with Gasteiger partial charge in [0.1, 0.15) is 0 Å². The van der Waals surface area contributed by atoms with E-state index in [0.717, 1.165) is 17.5 Å². The van der Waals surface area contributed by atoms with E-state index in [0.29, 0.717) is 6.54 Å². The SMILES string of the molecule is CC(=O)N[C@H](CC(=O)NCCc1ccccc1)c1ccc(C)cc1. The van der Waals surface area contributed by atoms with Crippen LogP contribution in [-0.4, -0.2) is 18.4 Å². The molecule has 0 aliphatic carbocycles. The average molecular weight is 324 g/mol. The predicted molar refractivity (Wildman–Crippen MR) is 95.5 cm³/mol. The molecule has 0 saturated carbocycles. The zero-order valence-electron chi connectivity index (χ0n) is 14.2. The summed E-state index contributed by atoms with van der Waals surface area (Å²) in [7, 11) is 0. The molecule has 0 unspecified atom stereocenters. The Hall–Kier alpha value is -2.62. The first kappa shape index (κ1) is 17.7. The highest BCUT2D eigenvalue weighted by Crippen LogP contribution is 2.17. The van der Waals surface area contributed by atoms with Crippen LogP contribution in [0.2, 0.25) is 0 Å². The van der Waals surface area contributed by atoms with Crippen molar-refractivity contribution < 1.29 is 9.59 Å².